The molecule has 0 amide bonds. The standard InChI is InChI=1S/C15H33N3/c1-7-14(11-16-13(2)3)18(6)12-15(17(4)5)9-8-10-15/h13-14,16H,7-12H2,1-6H3. The van der Waals surface area contributed by atoms with Crippen LogP contribution in [0.15, 0.2) is 0 Å². The molecule has 0 saturated heterocycles. The lowest BCUT2D eigenvalue weighted by atomic mass is 9.75. The summed E-state index contributed by atoms with van der Waals surface area (Å²) in [6, 6.07) is 1.24. The highest BCUT2D eigenvalue weighted by molar-refractivity contribution is 4.98. The molecule has 1 aliphatic carbocycles. The summed E-state index contributed by atoms with van der Waals surface area (Å²) in [5.41, 5.74) is 0.444. The topological polar surface area (TPSA) is 18.5 Å². The first-order valence-corrected chi connectivity index (χ1v) is 7.52. The lowest BCUT2D eigenvalue weighted by molar-refractivity contribution is 0.0154. The van der Waals surface area contributed by atoms with Gasteiger partial charge in [0, 0.05) is 30.7 Å². The third-order valence-electron chi connectivity index (χ3n) is 4.63. The van der Waals surface area contributed by atoms with E-state index >= 15 is 0 Å². The zero-order valence-electron chi connectivity index (χ0n) is 13.3. The van der Waals surface area contributed by atoms with Crippen molar-refractivity contribution < 1.29 is 0 Å². The van der Waals surface area contributed by atoms with Crippen LogP contribution in [-0.2, 0) is 0 Å². The number of hydrogen-bond donors (Lipinski definition) is 1. The summed E-state index contributed by atoms with van der Waals surface area (Å²) in [6.07, 6.45) is 5.34. The van der Waals surface area contributed by atoms with E-state index in [2.05, 4.69) is 57.0 Å². The highest BCUT2D eigenvalue weighted by atomic mass is 15.2. The summed E-state index contributed by atoms with van der Waals surface area (Å²) in [5, 5.41) is 3.57. The van der Waals surface area contributed by atoms with Gasteiger partial charge in [-0.1, -0.05) is 20.8 Å². The highest BCUT2D eigenvalue weighted by Gasteiger charge is 2.40. The molecular formula is C15H33N3. The maximum absolute atomic E-state index is 3.57. The molecule has 3 heteroatoms. The van der Waals surface area contributed by atoms with Gasteiger partial charge in [0.25, 0.3) is 0 Å². The number of rotatable bonds is 8. The number of likely N-dealkylation sites (N-methyl/N-ethyl adjacent to an activating group) is 2. The van der Waals surface area contributed by atoms with Gasteiger partial charge in [0.2, 0.25) is 0 Å². The van der Waals surface area contributed by atoms with E-state index in [1.165, 1.54) is 32.2 Å². The van der Waals surface area contributed by atoms with E-state index in [0.29, 0.717) is 17.6 Å². The van der Waals surface area contributed by atoms with Crippen LogP contribution in [0.2, 0.25) is 0 Å². The molecule has 18 heavy (non-hydrogen) atoms. The molecule has 1 saturated carbocycles. The second-order valence-electron chi connectivity index (χ2n) is 6.51. The molecule has 1 N–H and O–H groups in total. The lowest BCUT2D eigenvalue weighted by Crippen LogP contribution is -2.58. The molecular weight excluding hydrogens is 222 g/mol. The van der Waals surface area contributed by atoms with Crippen LogP contribution in [0.25, 0.3) is 0 Å². The van der Waals surface area contributed by atoms with Crippen molar-refractivity contribution in [3.8, 4) is 0 Å². The van der Waals surface area contributed by atoms with E-state index in [9.17, 15) is 0 Å². The molecule has 0 aromatic heterocycles. The van der Waals surface area contributed by atoms with E-state index in [1.54, 1.807) is 0 Å². The van der Waals surface area contributed by atoms with Gasteiger partial charge in [-0.15, -0.1) is 0 Å². The van der Waals surface area contributed by atoms with Gasteiger partial charge in [0.15, 0.2) is 0 Å². The molecule has 0 heterocycles. The third-order valence-corrected chi connectivity index (χ3v) is 4.63. The minimum absolute atomic E-state index is 0.444. The van der Waals surface area contributed by atoms with E-state index in [4.69, 9.17) is 0 Å². The molecule has 0 aromatic rings. The van der Waals surface area contributed by atoms with Crippen LogP contribution in [0.3, 0.4) is 0 Å². The van der Waals surface area contributed by atoms with Gasteiger partial charge in [-0.2, -0.15) is 0 Å². The minimum atomic E-state index is 0.444. The van der Waals surface area contributed by atoms with Crippen molar-refractivity contribution in [3.63, 3.8) is 0 Å². The fourth-order valence-corrected chi connectivity index (χ4v) is 2.91. The minimum Gasteiger partial charge on any atom is -0.313 e. The molecule has 1 aliphatic rings. The Morgan fingerprint density at radius 2 is 1.78 bits per heavy atom. The summed E-state index contributed by atoms with van der Waals surface area (Å²) in [6.45, 7) is 9.05. The predicted octanol–water partition coefficient (Wildman–Crippen LogP) is 2.18. The molecule has 108 valence electrons. The Kier molecular flexibility index (Phi) is 6.09. The van der Waals surface area contributed by atoms with Gasteiger partial charge in [0.1, 0.15) is 0 Å². The lowest BCUT2D eigenvalue weighted by Gasteiger charge is -2.50. The summed E-state index contributed by atoms with van der Waals surface area (Å²) < 4.78 is 0. The Morgan fingerprint density at radius 3 is 2.11 bits per heavy atom. The van der Waals surface area contributed by atoms with Gasteiger partial charge in [-0.25, -0.2) is 0 Å². The summed E-state index contributed by atoms with van der Waals surface area (Å²) >= 11 is 0. The summed E-state index contributed by atoms with van der Waals surface area (Å²) in [7, 11) is 6.76. The van der Waals surface area contributed by atoms with Crippen LogP contribution in [-0.4, -0.2) is 61.7 Å². The summed E-state index contributed by atoms with van der Waals surface area (Å²) in [4.78, 5) is 5.00. The van der Waals surface area contributed by atoms with Crippen molar-refractivity contribution in [1.82, 2.24) is 15.1 Å². The summed E-state index contributed by atoms with van der Waals surface area (Å²) in [5.74, 6) is 0. The van der Waals surface area contributed by atoms with E-state index in [0.717, 1.165) is 6.54 Å². The molecule has 1 atom stereocenters. The fraction of sp³-hybridized carbons (Fsp3) is 1.00. The van der Waals surface area contributed by atoms with Crippen LogP contribution < -0.4 is 5.32 Å². The zero-order chi connectivity index (χ0) is 13.8. The highest BCUT2D eigenvalue weighted by Crippen LogP contribution is 2.37. The van der Waals surface area contributed by atoms with Crippen LogP contribution in [0.5, 0.6) is 0 Å². The van der Waals surface area contributed by atoms with Crippen LogP contribution >= 0.6 is 0 Å². The molecule has 1 rings (SSSR count). The van der Waals surface area contributed by atoms with Crippen molar-refractivity contribution in [2.45, 2.75) is 64.1 Å². The smallest absolute Gasteiger partial charge is 0.0330 e. The SMILES string of the molecule is CCC(CNC(C)C)N(C)CC1(N(C)C)CCC1. The van der Waals surface area contributed by atoms with Gasteiger partial charge in [-0.3, -0.25) is 0 Å². The van der Waals surface area contributed by atoms with Gasteiger partial charge < -0.3 is 15.1 Å². The molecule has 0 spiro atoms. The molecule has 3 nitrogen and oxygen atoms in total. The first-order valence-electron chi connectivity index (χ1n) is 7.52. The monoisotopic (exact) mass is 255 g/mol. The average Bonchev–Trinajstić information content (AvgIpc) is 2.23. The van der Waals surface area contributed by atoms with Crippen molar-refractivity contribution in [1.29, 1.82) is 0 Å². The number of nitrogens with one attached hydrogen (secondary N) is 1. The van der Waals surface area contributed by atoms with Crippen LogP contribution in [0, 0.1) is 0 Å². The van der Waals surface area contributed by atoms with Gasteiger partial charge >= 0.3 is 0 Å². The first-order chi connectivity index (χ1) is 8.41. The van der Waals surface area contributed by atoms with E-state index < -0.39 is 0 Å². The zero-order valence-corrected chi connectivity index (χ0v) is 13.3. The van der Waals surface area contributed by atoms with Crippen molar-refractivity contribution >= 4 is 0 Å². The van der Waals surface area contributed by atoms with Crippen molar-refractivity contribution in [2.75, 3.05) is 34.2 Å². The molecule has 0 bridgehead atoms. The maximum Gasteiger partial charge on any atom is 0.0330 e. The molecule has 0 aliphatic heterocycles. The molecule has 1 fully saturated rings. The number of nitrogens with zero attached hydrogens (tertiary/aromatic N) is 2. The molecule has 0 radical (unpaired) electrons. The predicted molar refractivity (Wildman–Crippen MR) is 80.1 cm³/mol. The normalized spacial score (nSPS) is 20.5. The van der Waals surface area contributed by atoms with Gasteiger partial charge in [0.05, 0.1) is 0 Å². The third kappa shape index (κ3) is 3.94. The average molecular weight is 255 g/mol. The molecule has 0 aromatic carbocycles. The number of hydrogen-bond acceptors (Lipinski definition) is 3. The Labute approximate surface area is 114 Å². The Morgan fingerprint density at radius 1 is 1.17 bits per heavy atom. The Bertz CT molecular complexity index is 234. The quantitative estimate of drug-likeness (QED) is 0.717. The second kappa shape index (κ2) is 6.88. The molecule has 1 unspecified atom stereocenters. The van der Waals surface area contributed by atoms with E-state index in [-0.39, 0.29) is 0 Å². The Balaban J connectivity index is 2.48. The maximum atomic E-state index is 3.57. The van der Waals surface area contributed by atoms with Crippen LogP contribution in [0.4, 0.5) is 0 Å². The fourth-order valence-electron chi connectivity index (χ4n) is 2.91. The largest absolute Gasteiger partial charge is 0.313 e. The second-order valence-corrected chi connectivity index (χ2v) is 6.51. The van der Waals surface area contributed by atoms with Gasteiger partial charge in [-0.05, 0) is 46.8 Å². The Hall–Kier alpha value is -0.120. The van der Waals surface area contributed by atoms with Crippen molar-refractivity contribution in [2.24, 2.45) is 0 Å². The first kappa shape index (κ1) is 15.9. The van der Waals surface area contributed by atoms with Crippen molar-refractivity contribution in [3.05, 3.63) is 0 Å². The van der Waals surface area contributed by atoms with Crippen LogP contribution in [0.1, 0.15) is 46.5 Å². The van der Waals surface area contributed by atoms with E-state index in [1.807, 2.05) is 0 Å².